The molecule has 0 aromatic carbocycles. The van der Waals surface area contributed by atoms with Crippen molar-refractivity contribution in [1.29, 1.82) is 0 Å². The van der Waals surface area contributed by atoms with Gasteiger partial charge in [0.15, 0.2) is 5.55 Å². The Hall–Kier alpha value is 0.930. The smallest absolute Gasteiger partial charge is 0.188 e. The van der Waals surface area contributed by atoms with Crippen LogP contribution in [0, 0.1) is 0 Å². The molecule has 48 valence electrons. The molecule has 1 aliphatic heterocycles. The van der Waals surface area contributed by atoms with Gasteiger partial charge in [0.25, 0.3) is 0 Å². The van der Waals surface area contributed by atoms with Crippen molar-refractivity contribution in [3.63, 3.8) is 0 Å². The van der Waals surface area contributed by atoms with E-state index in [1.165, 1.54) is 6.42 Å². The molecule has 0 aliphatic carbocycles. The van der Waals surface area contributed by atoms with Crippen LogP contribution < -0.4 is 0 Å². The Kier molecular flexibility index (Phi) is 2.36. The first-order valence-corrected chi connectivity index (χ1v) is 7.91. The van der Waals surface area contributed by atoms with Crippen LogP contribution in [0.4, 0.5) is 0 Å². The number of hydrogen-bond donors (Lipinski definition) is 0. The van der Waals surface area contributed by atoms with E-state index in [2.05, 4.69) is 0 Å². The Bertz CT molecular complexity index is 115. The molecule has 0 amide bonds. The van der Waals surface area contributed by atoms with Crippen LogP contribution in [0.15, 0.2) is 0 Å². The van der Waals surface area contributed by atoms with Gasteiger partial charge in [0.1, 0.15) is 0 Å². The van der Waals surface area contributed by atoms with Gasteiger partial charge < -0.3 is 4.57 Å². The van der Waals surface area contributed by atoms with Crippen molar-refractivity contribution in [2.24, 2.45) is 0 Å². The van der Waals surface area contributed by atoms with Gasteiger partial charge in [-0.3, -0.25) is 0 Å². The molecule has 1 nitrogen and oxygen atoms in total. The topological polar surface area (TPSA) is 17.1 Å². The van der Waals surface area contributed by atoms with Crippen molar-refractivity contribution in [2.45, 2.75) is 6.42 Å². The van der Waals surface area contributed by atoms with Crippen LogP contribution in [0.3, 0.4) is 0 Å². The van der Waals surface area contributed by atoms with Crippen LogP contribution in [0.2, 0.25) is 0 Å². The van der Waals surface area contributed by atoms with Gasteiger partial charge in [-0.2, -0.15) is 0 Å². The fourth-order valence-corrected chi connectivity index (χ4v) is 7.02. The Morgan fingerprint density at radius 2 is 1.88 bits per heavy atom. The van der Waals surface area contributed by atoms with Crippen LogP contribution in [-0.4, -0.2) is 18.2 Å². The maximum Gasteiger partial charge on any atom is 0.188 e. The normalized spacial score (nSPS) is 27.6. The molecule has 1 heterocycles. The third kappa shape index (κ3) is 2.04. The minimum atomic E-state index is -1.75. The maximum absolute atomic E-state index is 11.2. The van der Waals surface area contributed by atoms with E-state index in [1.807, 2.05) is 6.66 Å². The molecule has 8 heavy (non-hydrogen) atoms. The summed E-state index contributed by atoms with van der Waals surface area (Å²) in [5.74, 6) is 2.20. The number of rotatable bonds is 0. The highest BCUT2D eigenvalue weighted by Gasteiger charge is 2.19. The van der Waals surface area contributed by atoms with Gasteiger partial charge in [0.05, 0.1) is 0 Å². The molecular weight excluding hydrogens is 159 g/mol. The molecule has 0 N–H and O–H groups in total. The molecule has 0 unspecified atom stereocenters. The Morgan fingerprint density at radius 3 is 2.12 bits per heavy atom. The van der Waals surface area contributed by atoms with Gasteiger partial charge >= 0.3 is 0 Å². The Balaban J connectivity index is 2.45. The van der Waals surface area contributed by atoms with E-state index in [-0.39, 0.29) is 0 Å². The van der Waals surface area contributed by atoms with Gasteiger partial charge in [-0.05, 0) is 6.42 Å². The van der Waals surface area contributed by atoms with Gasteiger partial charge in [-0.1, -0.05) is 22.8 Å². The molecule has 0 radical (unpaired) electrons. The minimum Gasteiger partial charge on any atom is -0.301 e. The first-order chi connectivity index (χ1) is 3.71. The third-order valence-electron chi connectivity index (χ3n) is 0.940. The minimum absolute atomic E-state index is 1.10. The highest BCUT2D eigenvalue weighted by atomic mass is 33.1. The predicted molar refractivity (Wildman–Crippen MR) is 43.1 cm³/mol. The van der Waals surface area contributed by atoms with Gasteiger partial charge in [-0.15, -0.1) is 0 Å². The summed E-state index contributed by atoms with van der Waals surface area (Å²) in [7, 11) is 0. The first kappa shape index (κ1) is 7.04. The summed E-state index contributed by atoms with van der Waals surface area (Å²) in [6.45, 7) is 1.86. The zero-order valence-electron chi connectivity index (χ0n) is 4.79. The molecule has 0 spiro atoms. The SMILES string of the molecule is CP1(=O)SCCCS1. The van der Waals surface area contributed by atoms with Crippen LogP contribution in [0.25, 0.3) is 0 Å². The zero-order valence-corrected chi connectivity index (χ0v) is 7.32. The largest absolute Gasteiger partial charge is 0.301 e. The fourth-order valence-electron chi connectivity index (χ4n) is 0.557. The van der Waals surface area contributed by atoms with Crippen LogP contribution in [-0.2, 0) is 4.57 Å². The molecule has 4 heteroatoms. The molecule has 1 fully saturated rings. The van der Waals surface area contributed by atoms with E-state index in [0.29, 0.717) is 0 Å². The average molecular weight is 168 g/mol. The lowest BCUT2D eigenvalue weighted by Gasteiger charge is -2.15. The fraction of sp³-hybridized carbons (Fsp3) is 1.00. The third-order valence-corrected chi connectivity index (χ3v) is 8.63. The molecule has 0 aromatic rings. The lowest BCUT2D eigenvalue weighted by molar-refractivity contribution is 0.596. The molecule has 0 saturated carbocycles. The summed E-state index contributed by atoms with van der Waals surface area (Å²) in [6.07, 6.45) is 1.23. The lowest BCUT2D eigenvalue weighted by Crippen LogP contribution is -1.88. The summed E-state index contributed by atoms with van der Waals surface area (Å²) in [6, 6.07) is 0. The second-order valence-corrected chi connectivity index (χ2v) is 11.1. The molecule has 1 aliphatic rings. The van der Waals surface area contributed by atoms with Gasteiger partial charge in [0.2, 0.25) is 0 Å². The van der Waals surface area contributed by atoms with Crippen molar-refractivity contribution in [2.75, 3.05) is 18.2 Å². The monoisotopic (exact) mass is 168 g/mol. The first-order valence-electron chi connectivity index (χ1n) is 2.57. The maximum atomic E-state index is 11.2. The molecule has 0 atom stereocenters. The van der Waals surface area contributed by atoms with E-state index in [1.54, 1.807) is 22.8 Å². The van der Waals surface area contributed by atoms with Crippen molar-refractivity contribution in [3.05, 3.63) is 0 Å². The molecule has 0 bridgehead atoms. The average Bonchev–Trinajstić information content (AvgIpc) is 1.65. The van der Waals surface area contributed by atoms with Crippen LogP contribution in [0.5, 0.6) is 0 Å². The number of hydrogen-bond acceptors (Lipinski definition) is 3. The van der Waals surface area contributed by atoms with Crippen molar-refractivity contribution >= 4 is 28.3 Å². The van der Waals surface area contributed by atoms with E-state index in [9.17, 15) is 4.57 Å². The van der Waals surface area contributed by atoms with Crippen LogP contribution >= 0.6 is 28.3 Å². The van der Waals surface area contributed by atoms with E-state index in [0.717, 1.165) is 11.5 Å². The second kappa shape index (κ2) is 2.68. The van der Waals surface area contributed by atoms with E-state index in [4.69, 9.17) is 0 Å². The van der Waals surface area contributed by atoms with Crippen molar-refractivity contribution in [3.8, 4) is 0 Å². The lowest BCUT2D eigenvalue weighted by atomic mass is 10.6. The van der Waals surface area contributed by atoms with E-state index < -0.39 is 5.55 Å². The highest BCUT2D eigenvalue weighted by molar-refractivity contribution is 8.90. The van der Waals surface area contributed by atoms with Crippen molar-refractivity contribution in [1.82, 2.24) is 0 Å². The Labute approximate surface area is 57.9 Å². The molecule has 1 saturated heterocycles. The summed E-state index contributed by atoms with van der Waals surface area (Å²) >= 11 is 3.28. The summed E-state index contributed by atoms with van der Waals surface area (Å²) in [5.41, 5.74) is -1.75. The van der Waals surface area contributed by atoms with Crippen molar-refractivity contribution < 1.29 is 4.57 Å². The summed E-state index contributed by atoms with van der Waals surface area (Å²) in [4.78, 5) is 0. The molecule has 0 aromatic heterocycles. The van der Waals surface area contributed by atoms with Crippen LogP contribution in [0.1, 0.15) is 6.42 Å². The Morgan fingerprint density at radius 1 is 1.38 bits per heavy atom. The van der Waals surface area contributed by atoms with E-state index >= 15 is 0 Å². The molecular formula is C4H9OPS2. The second-order valence-electron chi connectivity index (χ2n) is 1.79. The molecule has 1 rings (SSSR count). The zero-order chi connectivity index (χ0) is 6.04. The summed E-state index contributed by atoms with van der Waals surface area (Å²) in [5, 5.41) is 0. The predicted octanol–water partition coefficient (Wildman–Crippen LogP) is 2.68. The van der Waals surface area contributed by atoms with Gasteiger partial charge in [0, 0.05) is 18.2 Å². The summed E-state index contributed by atoms with van der Waals surface area (Å²) < 4.78 is 11.2. The quantitative estimate of drug-likeness (QED) is 0.518. The highest BCUT2D eigenvalue weighted by Crippen LogP contribution is 2.68. The standard InChI is InChI=1S/C4H9OPS2/c1-6(5)7-3-2-4-8-6/h2-4H2,1H3. The van der Waals surface area contributed by atoms with Gasteiger partial charge in [-0.25, -0.2) is 0 Å².